The third-order valence-electron chi connectivity index (χ3n) is 4.42. The lowest BCUT2D eigenvalue weighted by atomic mass is 10.0. The quantitative estimate of drug-likeness (QED) is 0.823. The zero-order valence-electron chi connectivity index (χ0n) is 12.7. The molecule has 0 saturated carbocycles. The maximum Gasteiger partial charge on any atom is 0.280 e. The Hall–Kier alpha value is -2.82. The van der Waals surface area contributed by atoms with E-state index in [9.17, 15) is 9.59 Å². The van der Waals surface area contributed by atoms with E-state index >= 15 is 0 Å². The number of anilines is 2. The molecular weight excluding hydrogens is 292 g/mol. The number of carbonyl (C=O) groups is 2. The number of amides is 2. The Bertz CT molecular complexity index is 817. The average Bonchev–Trinajstić information content (AvgIpc) is 2.99. The lowest BCUT2D eigenvalue weighted by Gasteiger charge is -2.35. The zero-order valence-corrected chi connectivity index (χ0v) is 12.7. The van der Waals surface area contributed by atoms with Crippen LogP contribution in [0.2, 0.25) is 0 Å². The Morgan fingerprint density at radius 3 is 2.78 bits per heavy atom. The first-order valence-corrected chi connectivity index (χ1v) is 7.59. The topological polar surface area (TPSA) is 58.6 Å². The summed E-state index contributed by atoms with van der Waals surface area (Å²) in [5.41, 5.74) is 0.992. The van der Waals surface area contributed by atoms with Crippen LogP contribution < -0.4 is 15.0 Å². The fraction of sp³-hybridized carbons (Fsp3) is 0.222. The molecule has 0 bridgehead atoms. The van der Waals surface area contributed by atoms with Crippen LogP contribution in [-0.4, -0.2) is 24.0 Å². The lowest BCUT2D eigenvalue weighted by molar-refractivity contribution is -0.144. The molecule has 1 N–H and O–H groups in total. The van der Waals surface area contributed by atoms with Gasteiger partial charge >= 0.3 is 0 Å². The first-order valence-electron chi connectivity index (χ1n) is 7.59. The molecule has 0 saturated heterocycles. The Morgan fingerprint density at radius 1 is 1.17 bits per heavy atom. The van der Waals surface area contributed by atoms with Gasteiger partial charge in [-0.05, 0) is 37.1 Å². The fourth-order valence-electron chi connectivity index (χ4n) is 3.11. The molecule has 116 valence electrons. The van der Waals surface area contributed by atoms with Gasteiger partial charge < -0.3 is 15.0 Å². The van der Waals surface area contributed by atoms with Gasteiger partial charge in [0.1, 0.15) is 5.75 Å². The van der Waals surface area contributed by atoms with Crippen molar-refractivity contribution in [2.24, 2.45) is 0 Å². The summed E-state index contributed by atoms with van der Waals surface area (Å²) in [6.07, 6.45) is 0.788. The monoisotopic (exact) mass is 308 g/mol. The summed E-state index contributed by atoms with van der Waals surface area (Å²) in [7, 11) is 0. The average molecular weight is 308 g/mol. The molecule has 2 amide bonds. The van der Waals surface area contributed by atoms with Crippen molar-refractivity contribution in [1.82, 2.24) is 0 Å². The number of rotatable bonds is 1. The largest absolute Gasteiger partial charge is 0.465 e. The van der Waals surface area contributed by atoms with Crippen LogP contribution in [0, 0.1) is 0 Å². The molecule has 5 nitrogen and oxygen atoms in total. The Morgan fingerprint density at radius 2 is 1.91 bits per heavy atom. The highest BCUT2D eigenvalue weighted by Gasteiger charge is 2.50. The summed E-state index contributed by atoms with van der Waals surface area (Å²) in [6.45, 7) is 2.09. The van der Waals surface area contributed by atoms with Crippen LogP contribution in [0.4, 0.5) is 11.4 Å². The number of nitrogens with zero attached hydrogens (tertiary/aromatic N) is 1. The van der Waals surface area contributed by atoms with E-state index in [1.165, 1.54) is 6.92 Å². The molecule has 2 aromatic carbocycles. The molecule has 0 radical (unpaired) electrons. The highest BCUT2D eigenvalue weighted by atomic mass is 16.5. The van der Waals surface area contributed by atoms with Gasteiger partial charge in [0.15, 0.2) is 0 Å². The molecule has 0 aromatic heterocycles. The van der Waals surface area contributed by atoms with Crippen molar-refractivity contribution >= 4 is 23.2 Å². The summed E-state index contributed by atoms with van der Waals surface area (Å²) in [4.78, 5) is 27.2. The molecule has 2 aliphatic heterocycles. The van der Waals surface area contributed by atoms with Gasteiger partial charge in [0.25, 0.3) is 17.4 Å². The SMILES string of the molecule is C[C@]1(C(=O)N2CCc3ccccc32)Oc2ccccc2NC1=O. The molecule has 0 unspecified atom stereocenters. The second-order valence-electron chi connectivity index (χ2n) is 5.92. The van der Waals surface area contributed by atoms with Crippen molar-refractivity contribution in [3.63, 3.8) is 0 Å². The first-order chi connectivity index (χ1) is 11.1. The van der Waals surface area contributed by atoms with Crippen LogP contribution >= 0.6 is 0 Å². The van der Waals surface area contributed by atoms with Crippen molar-refractivity contribution in [2.75, 3.05) is 16.8 Å². The third kappa shape index (κ3) is 2.00. The van der Waals surface area contributed by atoms with Gasteiger partial charge in [0.2, 0.25) is 0 Å². The molecule has 5 heteroatoms. The van der Waals surface area contributed by atoms with Crippen LogP contribution in [0.15, 0.2) is 48.5 Å². The fourth-order valence-corrected chi connectivity index (χ4v) is 3.11. The smallest absolute Gasteiger partial charge is 0.280 e. The van der Waals surface area contributed by atoms with Crippen molar-refractivity contribution in [1.29, 1.82) is 0 Å². The maximum absolute atomic E-state index is 13.0. The molecule has 0 fully saturated rings. The van der Waals surface area contributed by atoms with E-state index in [-0.39, 0.29) is 5.91 Å². The molecule has 2 heterocycles. The molecule has 0 spiro atoms. The minimum absolute atomic E-state index is 0.338. The van der Waals surface area contributed by atoms with Gasteiger partial charge in [0.05, 0.1) is 5.69 Å². The molecule has 23 heavy (non-hydrogen) atoms. The van der Waals surface area contributed by atoms with Gasteiger partial charge in [-0.15, -0.1) is 0 Å². The number of hydrogen-bond donors (Lipinski definition) is 1. The zero-order chi connectivity index (χ0) is 16.0. The summed E-state index contributed by atoms with van der Waals surface area (Å²) in [5, 5.41) is 2.77. The Balaban J connectivity index is 1.70. The second kappa shape index (κ2) is 4.84. The van der Waals surface area contributed by atoms with Crippen LogP contribution in [-0.2, 0) is 16.0 Å². The van der Waals surface area contributed by atoms with Crippen molar-refractivity contribution in [3.8, 4) is 5.75 Å². The van der Waals surface area contributed by atoms with E-state index < -0.39 is 11.5 Å². The van der Waals surface area contributed by atoms with E-state index in [0.717, 1.165) is 17.7 Å². The summed E-state index contributed by atoms with van der Waals surface area (Å²) in [5.74, 6) is -0.268. The third-order valence-corrected chi connectivity index (χ3v) is 4.42. The van der Waals surface area contributed by atoms with Gasteiger partial charge in [-0.2, -0.15) is 0 Å². The van der Waals surface area contributed by atoms with E-state index in [4.69, 9.17) is 4.74 Å². The van der Waals surface area contributed by atoms with Crippen LogP contribution in [0.1, 0.15) is 12.5 Å². The van der Waals surface area contributed by atoms with E-state index in [0.29, 0.717) is 18.0 Å². The molecule has 2 aliphatic rings. The van der Waals surface area contributed by atoms with E-state index in [1.807, 2.05) is 36.4 Å². The number of hydrogen-bond acceptors (Lipinski definition) is 3. The van der Waals surface area contributed by atoms with E-state index in [2.05, 4.69) is 5.32 Å². The number of para-hydroxylation sites is 3. The van der Waals surface area contributed by atoms with Crippen LogP contribution in [0.25, 0.3) is 0 Å². The number of carbonyl (C=O) groups excluding carboxylic acids is 2. The molecule has 0 aliphatic carbocycles. The highest BCUT2D eigenvalue weighted by molar-refractivity contribution is 6.20. The van der Waals surface area contributed by atoms with Crippen molar-refractivity contribution in [3.05, 3.63) is 54.1 Å². The molecule has 1 atom stereocenters. The van der Waals surface area contributed by atoms with Gasteiger partial charge in [-0.1, -0.05) is 30.3 Å². The number of nitrogens with one attached hydrogen (secondary N) is 1. The molecular formula is C18H16N2O3. The predicted octanol–water partition coefficient (Wildman–Crippen LogP) is 2.37. The Labute approximate surface area is 133 Å². The van der Waals surface area contributed by atoms with Gasteiger partial charge in [-0.3, -0.25) is 9.59 Å². The van der Waals surface area contributed by atoms with Gasteiger partial charge in [0, 0.05) is 12.2 Å². The first kappa shape index (κ1) is 13.8. The predicted molar refractivity (Wildman–Crippen MR) is 86.6 cm³/mol. The number of ether oxygens (including phenoxy) is 1. The standard InChI is InChI=1S/C18H16N2O3/c1-18(16(21)19-13-7-3-5-9-15(13)23-18)17(22)20-11-10-12-6-2-4-8-14(12)20/h2-9H,10-11H2,1H3,(H,19,21)/t18-/m0/s1. The summed E-state index contributed by atoms with van der Waals surface area (Å²) in [6, 6.07) is 14.9. The van der Waals surface area contributed by atoms with Gasteiger partial charge in [-0.25, -0.2) is 0 Å². The van der Waals surface area contributed by atoms with E-state index in [1.54, 1.807) is 17.0 Å². The lowest BCUT2D eigenvalue weighted by Crippen LogP contribution is -2.59. The minimum atomic E-state index is -1.56. The van der Waals surface area contributed by atoms with Crippen LogP contribution in [0.3, 0.4) is 0 Å². The minimum Gasteiger partial charge on any atom is -0.465 e. The summed E-state index contributed by atoms with van der Waals surface area (Å²) < 4.78 is 5.82. The number of benzene rings is 2. The maximum atomic E-state index is 13.0. The highest BCUT2D eigenvalue weighted by Crippen LogP contribution is 2.36. The normalized spacial score (nSPS) is 22.0. The van der Waals surface area contributed by atoms with Crippen molar-refractivity contribution < 1.29 is 14.3 Å². The van der Waals surface area contributed by atoms with Crippen molar-refractivity contribution in [2.45, 2.75) is 18.9 Å². The summed E-state index contributed by atoms with van der Waals surface area (Å²) >= 11 is 0. The molecule has 4 rings (SSSR count). The Kier molecular flexibility index (Phi) is 2.91. The number of fused-ring (bicyclic) bond motifs is 2. The second-order valence-corrected chi connectivity index (χ2v) is 5.92. The molecule has 2 aromatic rings. The van der Waals surface area contributed by atoms with Crippen LogP contribution in [0.5, 0.6) is 5.75 Å².